The summed E-state index contributed by atoms with van der Waals surface area (Å²) in [4.78, 5) is 10.9. The van der Waals surface area contributed by atoms with Crippen LogP contribution in [-0.2, 0) is 6.54 Å². The first kappa shape index (κ1) is 13.1. The second-order valence-electron chi connectivity index (χ2n) is 5.20. The molecule has 1 aliphatic carbocycles. The summed E-state index contributed by atoms with van der Waals surface area (Å²) in [5.41, 5.74) is 6.99. The van der Waals surface area contributed by atoms with Crippen LogP contribution in [0.25, 0.3) is 0 Å². The number of nitrogens with one attached hydrogen (secondary N) is 1. The second-order valence-corrected chi connectivity index (χ2v) is 5.20. The van der Waals surface area contributed by atoms with Crippen LogP contribution in [0, 0.1) is 5.92 Å². The number of carbonyl (C=O) groups excluding carboxylic acids is 1. The van der Waals surface area contributed by atoms with Crippen molar-refractivity contribution in [1.82, 2.24) is 5.32 Å². The SMILES string of the molecule is NC(=O)c1ccc(CNCC2CCCCC2)cc1. The molecule has 0 radical (unpaired) electrons. The highest BCUT2D eigenvalue weighted by Gasteiger charge is 2.12. The average Bonchev–Trinajstić information content (AvgIpc) is 2.40. The van der Waals surface area contributed by atoms with Crippen molar-refractivity contribution in [2.75, 3.05) is 6.54 Å². The van der Waals surface area contributed by atoms with Crippen molar-refractivity contribution in [1.29, 1.82) is 0 Å². The fourth-order valence-electron chi connectivity index (χ4n) is 2.60. The third-order valence-corrected chi connectivity index (χ3v) is 3.73. The molecule has 3 nitrogen and oxygen atoms in total. The first-order chi connectivity index (χ1) is 8.75. The highest BCUT2D eigenvalue weighted by Crippen LogP contribution is 2.22. The van der Waals surface area contributed by atoms with Crippen LogP contribution in [0.5, 0.6) is 0 Å². The van der Waals surface area contributed by atoms with Gasteiger partial charge in [0.1, 0.15) is 0 Å². The number of hydrogen-bond donors (Lipinski definition) is 2. The van der Waals surface area contributed by atoms with Gasteiger partial charge < -0.3 is 11.1 Å². The summed E-state index contributed by atoms with van der Waals surface area (Å²) in [6.07, 6.45) is 6.92. The molecule has 3 heteroatoms. The van der Waals surface area contributed by atoms with Gasteiger partial charge >= 0.3 is 0 Å². The largest absolute Gasteiger partial charge is 0.366 e. The molecule has 1 fully saturated rings. The molecular weight excluding hydrogens is 224 g/mol. The Hall–Kier alpha value is -1.35. The maximum Gasteiger partial charge on any atom is 0.248 e. The molecule has 1 aliphatic rings. The van der Waals surface area contributed by atoms with Gasteiger partial charge in [-0.3, -0.25) is 4.79 Å². The van der Waals surface area contributed by atoms with Crippen LogP contribution < -0.4 is 11.1 Å². The quantitative estimate of drug-likeness (QED) is 0.838. The molecule has 0 spiro atoms. The minimum absolute atomic E-state index is 0.364. The maximum absolute atomic E-state index is 10.9. The van der Waals surface area contributed by atoms with Crippen LogP contribution in [0.2, 0.25) is 0 Å². The second kappa shape index (κ2) is 6.55. The molecule has 0 unspecified atom stereocenters. The molecule has 18 heavy (non-hydrogen) atoms. The summed E-state index contributed by atoms with van der Waals surface area (Å²) >= 11 is 0. The lowest BCUT2D eigenvalue weighted by Crippen LogP contribution is -2.24. The van der Waals surface area contributed by atoms with Gasteiger partial charge in [0.25, 0.3) is 0 Å². The fourth-order valence-corrected chi connectivity index (χ4v) is 2.60. The van der Waals surface area contributed by atoms with Crippen LogP contribution in [0.1, 0.15) is 48.0 Å². The van der Waals surface area contributed by atoms with Crippen molar-refractivity contribution in [2.45, 2.75) is 38.6 Å². The third-order valence-electron chi connectivity index (χ3n) is 3.73. The highest BCUT2D eigenvalue weighted by molar-refractivity contribution is 5.92. The summed E-state index contributed by atoms with van der Waals surface area (Å²) < 4.78 is 0. The number of carbonyl (C=O) groups is 1. The van der Waals surface area contributed by atoms with E-state index < -0.39 is 0 Å². The van der Waals surface area contributed by atoms with Crippen molar-refractivity contribution in [3.8, 4) is 0 Å². The minimum atomic E-state index is -0.364. The zero-order valence-electron chi connectivity index (χ0n) is 10.8. The Labute approximate surface area is 109 Å². The predicted octanol–water partition coefficient (Wildman–Crippen LogP) is 2.46. The van der Waals surface area contributed by atoms with E-state index >= 15 is 0 Å². The van der Waals surface area contributed by atoms with Gasteiger partial charge in [0.2, 0.25) is 5.91 Å². The van der Waals surface area contributed by atoms with Crippen LogP contribution in [0.15, 0.2) is 24.3 Å². The number of primary amides is 1. The van der Waals surface area contributed by atoms with E-state index in [1.807, 2.05) is 12.1 Å². The number of benzene rings is 1. The lowest BCUT2D eigenvalue weighted by Gasteiger charge is -2.21. The smallest absolute Gasteiger partial charge is 0.248 e. The van der Waals surface area contributed by atoms with Gasteiger partial charge in [-0.15, -0.1) is 0 Å². The lowest BCUT2D eigenvalue weighted by atomic mass is 9.89. The van der Waals surface area contributed by atoms with E-state index in [1.165, 1.54) is 37.7 Å². The summed E-state index contributed by atoms with van der Waals surface area (Å²) in [6.45, 7) is 1.98. The average molecular weight is 246 g/mol. The van der Waals surface area contributed by atoms with Crippen LogP contribution in [0.4, 0.5) is 0 Å². The van der Waals surface area contributed by atoms with Gasteiger partial charge in [0.15, 0.2) is 0 Å². The van der Waals surface area contributed by atoms with Gasteiger partial charge in [0, 0.05) is 12.1 Å². The molecule has 2 rings (SSSR count). The van der Waals surface area contributed by atoms with Crippen LogP contribution in [0.3, 0.4) is 0 Å². The fraction of sp³-hybridized carbons (Fsp3) is 0.533. The summed E-state index contributed by atoms with van der Waals surface area (Å²) in [6, 6.07) is 7.52. The molecule has 0 aromatic heterocycles. The zero-order valence-corrected chi connectivity index (χ0v) is 10.8. The Morgan fingerprint density at radius 2 is 1.83 bits per heavy atom. The lowest BCUT2D eigenvalue weighted by molar-refractivity contribution is 0.100. The van der Waals surface area contributed by atoms with E-state index in [0.29, 0.717) is 5.56 Å². The van der Waals surface area contributed by atoms with Crippen molar-refractivity contribution < 1.29 is 4.79 Å². The molecule has 0 heterocycles. The van der Waals surface area contributed by atoms with E-state index in [9.17, 15) is 4.79 Å². The first-order valence-corrected chi connectivity index (χ1v) is 6.85. The summed E-state index contributed by atoms with van der Waals surface area (Å²) in [5, 5.41) is 3.50. The molecule has 1 amide bonds. The topological polar surface area (TPSA) is 55.1 Å². The highest BCUT2D eigenvalue weighted by atomic mass is 16.1. The first-order valence-electron chi connectivity index (χ1n) is 6.85. The van der Waals surface area contributed by atoms with E-state index in [1.54, 1.807) is 12.1 Å². The van der Waals surface area contributed by atoms with Crippen molar-refractivity contribution in [3.63, 3.8) is 0 Å². The zero-order chi connectivity index (χ0) is 12.8. The Kier molecular flexibility index (Phi) is 4.76. The van der Waals surface area contributed by atoms with Crippen molar-refractivity contribution >= 4 is 5.91 Å². The van der Waals surface area contributed by atoms with E-state index in [4.69, 9.17) is 5.73 Å². The molecule has 1 aromatic rings. The molecule has 0 aliphatic heterocycles. The number of amides is 1. The van der Waals surface area contributed by atoms with Crippen LogP contribution >= 0.6 is 0 Å². The number of nitrogens with two attached hydrogens (primary N) is 1. The Bertz CT molecular complexity index is 380. The molecule has 1 aromatic carbocycles. The molecule has 3 N–H and O–H groups in total. The Balaban J connectivity index is 1.74. The number of hydrogen-bond acceptors (Lipinski definition) is 2. The standard InChI is InChI=1S/C15H22N2O/c16-15(18)14-8-6-13(7-9-14)11-17-10-12-4-2-1-3-5-12/h6-9,12,17H,1-5,10-11H2,(H2,16,18). The van der Waals surface area contributed by atoms with Crippen molar-refractivity contribution in [3.05, 3.63) is 35.4 Å². The van der Waals surface area contributed by atoms with Gasteiger partial charge in [0.05, 0.1) is 0 Å². The van der Waals surface area contributed by atoms with Crippen LogP contribution in [-0.4, -0.2) is 12.5 Å². The molecular formula is C15H22N2O. The Morgan fingerprint density at radius 1 is 1.17 bits per heavy atom. The summed E-state index contributed by atoms with van der Waals surface area (Å²) in [5.74, 6) is 0.486. The van der Waals surface area contributed by atoms with Gasteiger partial charge in [-0.1, -0.05) is 31.4 Å². The molecule has 0 atom stereocenters. The van der Waals surface area contributed by atoms with E-state index in [2.05, 4.69) is 5.32 Å². The van der Waals surface area contributed by atoms with E-state index in [0.717, 1.165) is 19.0 Å². The summed E-state index contributed by atoms with van der Waals surface area (Å²) in [7, 11) is 0. The van der Waals surface area contributed by atoms with E-state index in [-0.39, 0.29) is 5.91 Å². The monoisotopic (exact) mass is 246 g/mol. The normalized spacial score (nSPS) is 16.7. The minimum Gasteiger partial charge on any atom is -0.366 e. The molecule has 0 saturated heterocycles. The van der Waals surface area contributed by atoms with Gasteiger partial charge in [-0.05, 0) is 43.0 Å². The maximum atomic E-state index is 10.9. The van der Waals surface area contributed by atoms with Crippen molar-refractivity contribution in [2.24, 2.45) is 11.7 Å². The predicted molar refractivity (Wildman–Crippen MR) is 73.2 cm³/mol. The van der Waals surface area contributed by atoms with Gasteiger partial charge in [-0.2, -0.15) is 0 Å². The third kappa shape index (κ3) is 3.84. The van der Waals surface area contributed by atoms with Gasteiger partial charge in [-0.25, -0.2) is 0 Å². The molecule has 1 saturated carbocycles. The number of rotatable bonds is 5. The molecule has 0 bridgehead atoms. The Morgan fingerprint density at radius 3 is 2.44 bits per heavy atom. The molecule has 98 valence electrons.